The molecule has 0 N–H and O–H groups in total. The summed E-state index contributed by atoms with van der Waals surface area (Å²) in [5.41, 5.74) is 6.65. The maximum Gasteiger partial charge on any atom is 0.185 e. The molecule has 244 valence electrons. The molecule has 0 radical (unpaired) electrons. The summed E-state index contributed by atoms with van der Waals surface area (Å²) in [6.07, 6.45) is 27.7. The second-order valence-corrected chi connectivity index (χ2v) is 14.2. The zero-order valence-electron chi connectivity index (χ0n) is 28.2. The van der Waals surface area contributed by atoms with Crippen LogP contribution in [-0.2, 0) is 24.0 Å². The van der Waals surface area contributed by atoms with Gasteiger partial charge in [0.2, 0.25) is 0 Å². The molecule has 47 heavy (non-hydrogen) atoms. The van der Waals surface area contributed by atoms with Crippen molar-refractivity contribution in [3.8, 4) is 0 Å². The minimum Gasteiger partial charge on any atom is -0.302 e. The second-order valence-electron chi connectivity index (χ2n) is 14.2. The highest BCUT2D eigenvalue weighted by Gasteiger charge is 2.46. The van der Waals surface area contributed by atoms with Crippen molar-refractivity contribution < 1.29 is 24.0 Å². The lowest BCUT2D eigenvalue weighted by Gasteiger charge is -2.44. The highest BCUT2D eigenvalue weighted by Crippen LogP contribution is 2.51. The van der Waals surface area contributed by atoms with Gasteiger partial charge in [-0.05, 0) is 128 Å². The maximum absolute atomic E-state index is 13.8. The smallest absolute Gasteiger partial charge is 0.185 e. The molecule has 0 fully saturated rings. The van der Waals surface area contributed by atoms with Gasteiger partial charge in [-0.2, -0.15) is 0 Å². The molecule has 6 aliphatic rings. The van der Waals surface area contributed by atoms with Gasteiger partial charge in [0.25, 0.3) is 0 Å². The number of aldehydes is 1. The molecule has 0 aliphatic heterocycles. The number of Topliss-reactive ketones (excluding diaryl/α,β-unsaturated/α-hetero) is 1. The van der Waals surface area contributed by atoms with Crippen LogP contribution in [0, 0.1) is 17.3 Å². The summed E-state index contributed by atoms with van der Waals surface area (Å²) in [5.74, 6) is -0.920. The van der Waals surface area contributed by atoms with Crippen LogP contribution in [0.4, 0.5) is 0 Å². The molecule has 6 rings (SSSR count). The number of allylic oxidation sites excluding steroid dienone is 20. The van der Waals surface area contributed by atoms with Crippen LogP contribution < -0.4 is 0 Å². The summed E-state index contributed by atoms with van der Waals surface area (Å²) in [6.45, 7) is 8.11. The predicted octanol–water partition coefficient (Wildman–Crippen LogP) is 8.62. The van der Waals surface area contributed by atoms with Crippen LogP contribution in [0.25, 0.3) is 0 Å². The summed E-state index contributed by atoms with van der Waals surface area (Å²) in [6, 6.07) is 0. The van der Waals surface area contributed by atoms with E-state index in [9.17, 15) is 24.0 Å². The molecule has 0 unspecified atom stereocenters. The molecule has 0 aromatic carbocycles. The number of hydrogen-bond acceptors (Lipinski definition) is 5. The van der Waals surface area contributed by atoms with Gasteiger partial charge in [0.1, 0.15) is 6.29 Å². The number of fused-ring (bicyclic) bond motifs is 10. The molecule has 3 atom stereocenters. The first-order valence-electron chi connectivity index (χ1n) is 16.9. The van der Waals surface area contributed by atoms with Gasteiger partial charge in [0, 0.05) is 22.3 Å². The average Bonchev–Trinajstić information content (AvgIpc) is 3.01. The van der Waals surface area contributed by atoms with Gasteiger partial charge in [0.15, 0.2) is 23.1 Å². The van der Waals surface area contributed by atoms with Crippen molar-refractivity contribution in [2.24, 2.45) is 17.3 Å². The lowest BCUT2D eigenvalue weighted by molar-refractivity contribution is -0.119. The van der Waals surface area contributed by atoms with E-state index in [1.807, 2.05) is 39.0 Å². The molecule has 6 bridgehead atoms. The molecule has 0 heterocycles. The first kappa shape index (κ1) is 34.1. The number of rotatable bonds is 1. The Morgan fingerprint density at radius 2 is 1.34 bits per heavy atom. The number of carbonyl (C=O) groups is 5. The van der Waals surface area contributed by atoms with Gasteiger partial charge in [0.05, 0.1) is 5.41 Å². The van der Waals surface area contributed by atoms with Crippen molar-refractivity contribution in [1.82, 2.24) is 0 Å². The lowest BCUT2D eigenvalue weighted by Crippen LogP contribution is -2.41. The van der Waals surface area contributed by atoms with E-state index < -0.39 is 5.41 Å². The largest absolute Gasteiger partial charge is 0.302 e. The van der Waals surface area contributed by atoms with Crippen LogP contribution in [0.3, 0.4) is 0 Å². The van der Waals surface area contributed by atoms with Crippen LogP contribution in [-0.4, -0.2) is 29.4 Å². The Morgan fingerprint density at radius 3 is 2.09 bits per heavy atom. The molecule has 6 aliphatic carbocycles. The van der Waals surface area contributed by atoms with Crippen molar-refractivity contribution in [2.75, 3.05) is 0 Å². The van der Waals surface area contributed by atoms with Gasteiger partial charge in [-0.15, -0.1) is 0 Å². The monoisotopic (exact) mass is 630 g/mol. The Balaban J connectivity index is 1.60. The van der Waals surface area contributed by atoms with E-state index in [1.165, 1.54) is 35.5 Å². The van der Waals surface area contributed by atoms with Crippen LogP contribution in [0.5, 0.6) is 0 Å². The zero-order chi connectivity index (χ0) is 33.7. The van der Waals surface area contributed by atoms with Crippen molar-refractivity contribution in [2.45, 2.75) is 91.9 Å². The van der Waals surface area contributed by atoms with E-state index in [2.05, 4.69) is 31.2 Å². The summed E-state index contributed by atoms with van der Waals surface area (Å²) in [7, 11) is 0. The Kier molecular flexibility index (Phi) is 10.6. The topological polar surface area (TPSA) is 85.3 Å². The van der Waals surface area contributed by atoms with E-state index in [4.69, 9.17) is 0 Å². The van der Waals surface area contributed by atoms with Gasteiger partial charge >= 0.3 is 0 Å². The normalized spacial score (nSPS) is 33.2. The standard InChI is InChI=1S/C42H46O5/c1-27-8-5-9-29(3)17-34-22-38(44)23-35(41(34)47)21-37-20-31-12-6-10-28(2)16-33-25-39(45)32(24-40(33)46)14-13-30(4)18-36(19-31)42(37,26-43)15-7-11-27/h7,9-11,13,15,19,22-26,36-37H,5-6,8,12,14,16-18,20-21H2,1-4H3/b15-7+,27-11+,28-10-,29-9-,30-13+/t36-,37+,42-/m1/s1. The fraction of sp³-hybridized carbons (Fsp3) is 0.405. The molecule has 0 saturated heterocycles. The second kappa shape index (κ2) is 14.7. The fourth-order valence-corrected chi connectivity index (χ4v) is 7.63. The minimum absolute atomic E-state index is 0.0982. The molecule has 0 spiro atoms. The molecule has 5 nitrogen and oxygen atoms in total. The third-order valence-corrected chi connectivity index (χ3v) is 10.3. The van der Waals surface area contributed by atoms with Crippen LogP contribution in [0.2, 0.25) is 0 Å². The predicted molar refractivity (Wildman–Crippen MR) is 186 cm³/mol. The number of hydrogen-bond donors (Lipinski definition) is 0. The molecule has 0 amide bonds. The summed E-state index contributed by atoms with van der Waals surface area (Å²) >= 11 is 0. The highest BCUT2D eigenvalue weighted by atomic mass is 16.1. The van der Waals surface area contributed by atoms with E-state index in [0.29, 0.717) is 60.8 Å². The van der Waals surface area contributed by atoms with Crippen molar-refractivity contribution in [3.05, 3.63) is 117 Å². The van der Waals surface area contributed by atoms with Crippen molar-refractivity contribution in [1.29, 1.82) is 0 Å². The lowest BCUT2D eigenvalue weighted by atomic mass is 9.58. The van der Waals surface area contributed by atoms with E-state index in [-0.39, 0.29) is 35.0 Å². The average molecular weight is 631 g/mol. The molecular formula is C42H46O5. The van der Waals surface area contributed by atoms with Crippen molar-refractivity contribution >= 4 is 29.4 Å². The first-order chi connectivity index (χ1) is 22.5. The van der Waals surface area contributed by atoms with E-state index in [0.717, 1.165) is 48.7 Å². The van der Waals surface area contributed by atoms with Crippen LogP contribution in [0.15, 0.2) is 117 Å². The van der Waals surface area contributed by atoms with E-state index >= 15 is 0 Å². The van der Waals surface area contributed by atoms with Gasteiger partial charge in [-0.25, -0.2) is 0 Å². The van der Waals surface area contributed by atoms with Gasteiger partial charge in [-0.3, -0.25) is 19.2 Å². The van der Waals surface area contributed by atoms with Crippen LogP contribution >= 0.6 is 0 Å². The maximum atomic E-state index is 13.8. The van der Waals surface area contributed by atoms with Gasteiger partial charge < -0.3 is 4.79 Å². The number of carbonyl (C=O) groups excluding carboxylic acids is 5. The zero-order valence-corrected chi connectivity index (χ0v) is 28.2. The first-order valence-corrected chi connectivity index (χ1v) is 16.9. The fourth-order valence-electron chi connectivity index (χ4n) is 7.63. The van der Waals surface area contributed by atoms with E-state index in [1.54, 1.807) is 0 Å². The Labute approximate surface area is 279 Å². The third kappa shape index (κ3) is 8.01. The Hall–Kier alpha value is -4.25. The Bertz CT molecular complexity index is 1710. The van der Waals surface area contributed by atoms with Crippen LogP contribution in [0.1, 0.15) is 91.9 Å². The molecular weight excluding hydrogens is 584 g/mol. The quantitative estimate of drug-likeness (QED) is 0.165. The third-order valence-electron chi connectivity index (χ3n) is 10.3. The SMILES string of the molecule is C/C1=C/CCC2=C[C@@H](C/C(C)=C/CC3=CC(=O)C(=CC3=O)C1)[C@]1(C=O)/C=C/C=C(\C)CC/C=C(/C)CC3=CC(=O)C=C(C[C@@H]1C2)C3=O. The highest BCUT2D eigenvalue weighted by molar-refractivity contribution is 6.21. The molecule has 5 heteroatoms. The minimum atomic E-state index is -0.917. The van der Waals surface area contributed by atoms with Crippen molar-refractivity contribution in [3.63, 3.8) is 0 Å². The number of ketones is 4. The molecule has 0 aromatic heterocycles. The molecule has 0 aromatic rings. The Morgan fingerprint density at radius 1 is 0.681 bits per heavy atom. The molecule has 0 saturated carbocycles. The summed E-state index contributed by atoms with van der Waals surface area (Å²) in [5, 5.41) is 0. The summed E-state index contributed by atoms with van der Waals surface area (Å²) < 4.78 is 0. The van der Waals surface area contributed by atoms with Gasteiger partial charge in [-0.1, -0.05) is 70.4 Å². The summed E-state index contributed by atoms with van der Waals surface area (Å²) in [4.78, 5) is 66.1.